The SMILES string of the molecule is CC1(C)CCCC1N1CCCN(CC(=O)O)CC1. The highest BCUT2D eigenvalue weighted by molar-refractivity contribution is 5.69. The minimum Gasteiger partial charge on any atom is -0.480 e. The van der Waals surface area contributed by atoms with Gasteiger partial charge >= 0.3 is 5.97 Å². The minimum atomic E-state index is -0.704. The van der Waals surface area contributed by atoms with E-state index in [0.29, 0.717) is 11.5 Å². The number of carboxylic acids is 1. The van der Waals surface area contributed by atoms with Crippen LogP contribution >= 0.6 is 0 Å². The summed E-state index contributed by atoms with van der Waals surface area (Å²) >= 11 is 0. The van der Waals surface area contributed by atoms with Gasteiger partial charge in [0, 0.05) is 25.7 Å². The summed E-state index contributed by atoms with van der Waals surface area (Å²) in [4.78, 5) is 15.4. The van der Waals surface area contributed by atoms with Crippen molar-refractivity contribution in [3.63, 3.8) is 0 Å². The average molecular weight is 254 g/mol. The second-order valence-electron chi connectivity index (χ2n) is 6.46. The largest absolute Gasteiger partial charge is 0.480 e. The zero-order chi connectivity index (χ0) is 13.2. The topological polar surface area (TPSA) is 43.8 Å². The zero-order valence-corrected chi connectivity index (χ0v) is 11.7. The second kappa shape index (κ2) is 5.57. The van der Waals surface area contributed by atoms with Gasteiger partial charge in [0.15, 0.2) is 0 Å². The number of hydrogen-bond acceptors (Lipinski definition) is 3. The van der Waals surface area contributed by atoms with Gasteiger partial charge in [0.2, 0.25) is 0 Å². The Hall–Kier alpha value is -0.610. The van der Waals surface area contributed by atoms with E-state index < -0.39 is 5.97 Å². The summed E-state index contributed by atoms with van der Waals surface area (Å²) in [6, 6.07) is 0.697. The van der Waals surface area contributed by atoms with Crippen LogP contribution in [0.3, 0.4) is 0 Å². The number of aliphatic carboxylic acids is 1. The van der Waals surface area contributed by atoms with Gasteiger partial charge in [-0.05, 0) is 31.2 Å². The maximum absolute atomic E-state index is 10.8. The molecule has 0 bridgehead atoms. The molecule has 4 heteroatoms. The number of carboxylic acid groups (broad SMARTS) is 1. The average Bonchev–Trinajstić information content (AvgIpc) is 2.48. The van der Waals surface area contributed by atoms with Crippen molar-refractivity contribution in [2.45, 2.75) is 45.6 Å². The smallest absolute Gasteiger partial charge is 0.317 e. The molecule has 1 saturated heterocycles. The number of hydrogen-bond donors (Lipinski definition) is 1. The molecule has 0 aromatic carbocycles. The van der Waals surface area contributed by atoms with Crippen molar-refractivity contribution in [3.8, 4) is 0 Å². The third-order valence-electron chi connectivity index (χ3n) is 4.62. The Kier molecular flexibility index (Phi) is 4.28. The summed E-state index contributed by atoms with van der Waals surface area (Å²) in [7, 11) is 0. The normalized spacial score (nSPS) is 30.2. The van der Waals surface area contributed by atoms with Gasteiger partial charge in [-0.15, -0.1) is 0 Å². The first kappa shape index (κ1) is 13.8. The molecule has 0 aromatic heterocycles. The van der Waals surface area contributed by atoms with E-state index in [1.54, 1.807) is 0 Å². The van der Waals surface area contributed by atoms with Crippen molar-refractivity contribution in [2.24, 2.45) is 5.41 Å². The highest BCUT2D eigenvalue weighted by Crippen LogP contribution is 2.40. The molecule has 1 aliphatic carbocycles. The maximum Gasteiger partial charge on any atom is 0.317 e. The summed E-state index contributed by atoms with van der Waals surface area (Å²) in [5.74, 6) is -0.704. The Morgan fingerprint density at radius 1 is 1.22 bits per heavy atom. The number of rotatable bonds is 3. The Morgan fingerprint density at radius 3 is 2.61 bits per heavy atom. The number of carbonyl (C=O) groups is 1. The summed E-state index contributed by atoms with van der Waals surface area (Å²) in [5, 5.41) is 8.86. The summed E-state index contributed by atoms with van der Waals surface area (Å²) in [6.07, 6.45) is 5.08. The van der Waals surface area contributed by atoms with E-state index in [-0.39, 0.29) is 6.54 Å². The molecular formula is C14H26N2O2. The second-order valence-corrected chi connectivity index (χ2v) is 6.46. The molecule has 1 atom stereocenters. The summed E-state index contributed by atoms with van der Waals surface area (Å²) in [6.45, 7) is 8.94. The van der Waals surface area contributed by atoms with Crippen LogP contribution in [0.25, 0.3) is 0 Å². The van der Waals surface area contributed by atoms with Gasteiger partial charge in [-0.2, -0.15) is 0 Å². The molecule has 2 fully saturated rings. The predicted molar refractivity (Wildman–Crippen MR) is 71.7 cm³/mol. The van der Waals surface area contributed by atoms with Crippen LogP contribution in [0.5, 0.6) is 0 Å². The molecule has 1 saturated carbocycles. The quantitative estimate of drug-likeness (QED) is 0.832. The van der Waals surface area contributed by atoms with E-state index in [9.17, 15) is 4.79 Å². The van der Waals surface area contributed by atoms with E-state index in [1.165, 1.54) is 19.3 Å². The van der Waals surface area contributed by atoms with E-state index in [0.717, 1.165) is 32.6 Å². The number of nitrogens with zero attached hydrogens (tertiary/aromatic N) is 2. The lowest BCUT2D eigenvalue weighted by molar-refractivity contribution is -0.138. The zero-order valence-electron chi connectivity index (χ0n) is 11.7. The molecule has 0 amide bonds. The van der Waals surface area contributed by atoms with Gasteiger partial charge in [-0.25, -0.2) is 0 Å². The van der Waals surface area contributed by atoms with Gasteiger partial charge in [-0.1, -0.05) is 20.3 Å². The van der Waals surface area contributed by atoms with Crippen LogP contribution in [0.1, 0.15) is 39.5 Å². The van der Waals surface area contributed by atoms with Crippen LogP contribution in [-0.2, 0) is 4.79 Å². The lowest BCUT2D eigenvalue weighted by Crippen LogP contribution is -2.44. The lowest BCUT2D eigenvalue weighted by atomic mass is 9.86. The molecule has 18 heavy (non-hydrogen) atoms. The van der Waals surface area contributed by atoms with Crippen molar-refractivity contribution < 1.29 is 9.90 Å². The van der Waals surface area contributed by atoms with Crippen molar-refractivity contribution in [2.75, 3.05) is 32.7 Å². The Morgan fingerprint density at radius 2 is 2.00 bits per heavy atom. The van der Waals surface area contributed by atoms with Crippen molar-refractivity contribution in [3.05, 3.63) is 0 Å². The standard InChI is InChI=1S/C14H26N2O2/c1-14(2)6-3-5-12(14)16-8-4-7-15(9-10-16)11-13(17)18/h12H,3-11H2,1-2H3,(H,17,18). The van der Waals surface area contributed by atoms with Gasteiger partial charge in [0.05, 0.1) is 6.54 Å². The third-order valence-corrected chi connectivity index (χ3v) is 4.62. The molecule has 0 aromatic rings. The first-order valence-electron chi connectivity index (χ1n) is 7.17. The van der Waals surface area contributed by atoms with Crippen molar-refractivity contribution >= 4 is 5.97 Å². The van der Waals surface area contributed by atoms with Crippen LogP contribution < -0.4 is 0 Å². The maximum atomic E-state index is 10.8. The Labute approximate surface area is 110 Å². The van der Waals surface area contributed by atoms with Crippen molar-refractivity contribution in [1.29, 1.82) is 0 Å². The van der Waals surface area contributed by atoms with Gasteiger partial charge in [0.25, 0.3) is 0 Å². The van der Waals surface area contributed by atoms with Crippen LogP contribution in [0.15, 0.2) is 0 Å². The molecule has 1 unspecified atom stereocenters. The summed E-state index contributed by atoms with van der Waals surface area (Å²) < 4.78 is 0. The fraction of sp³-hybridized carbons (Fsp3) is 0.929. The van der Waals surface area contributed by atoms with Crippen LogP contribution in [-0.4, -0.2) is 59.6 Å². The molecule has 104 valence electrons. The molecule has 4 nitrogen and oxygen atoms in total. The molecule has 1 aliphatic heterocycles. The highest BCUT2D eigenvalue weighted by atomic mass is 16.4. The Balaban J connectivity index is 1.91. The van der Waals surface area contributed by atoms with E-state index in [4.69, 9.17) is 5.11 Å². The molecule has 1 heterocycles. The minimum absolute atomic E-state index is 0.196. The Bertz CT molecular complexity index is 304. The summed E-state index contributed by atoms with van der Waals surface area (Å²) in [5.41, 5.74) is 0.433. The molecule has 2 rings (SSSR count). The van der Waals surface area contributed by atoms with Crippen LogP contribution in [0.2, 0.25) is 0 Å². The lowest BCUT2D eigenvalue weighted by Gasteiger charge is -2.37. The fourth-order valence-electron chi connectivity index (χ4n) is 3.64. The van der Waals surface area contributed by atoms with Crippen molar-refractivity contribution in [1.82, 2.24) is 9.80 Å². The first-order valence-corrected chi connectivity index (χ1v) is 7.17. The van der Waals surface area contributed by atoms with E-state index >= 15 is 0 Å². The molecule has 0 spiro atoms. The van der Waals surface area contributed by atoms with Crippen LogP contribution in [0, 0.1) is 5.41 Å². The van der Waals surface area contributed by atoms with Crippen LogP contribution in [0.4, 0.5) is 0 Å². The van der Waals surface area contributed by atoms with Gasteiger partial charge in [0.1, 0.15) is 0 Å². The molecular weight excluding hydrogens is 228 g/mol. The van der Waals surface area contributed by atoms with E-state index in [1.807, 2.05) is 0 Å². The predicted octanol–water partition coefficient (Wildman–Crippen LogP) is 1.66. The monoisotopic (exact) mass is 254 g/mol. The molecule has 2 aliphatic rings. The third kappa shape index (κ3) is 3.23. The van der Waals surface area contributed by atoms with Gasteiger partial charge in [-0.3, -0.25) is 14.6 Å². The van der Waals surface area contributed by atoms with E-state index in [2.05, 4.69) is 23.6 Å². The highest BCUT2D eigenvalue weighted by Gasteiger charge is 2.38. The van der Waals surface area contributed by atoms with Gasteiger partial charge < -0.3 is 5.11 Å². The molecule has 0 radical (unpaired) electrons. The fourth-order valence-corrected chi connectivity index (χ4v) is 3.64. The first-order chi connectivity index (χ1) is 8.49. The molecule has 1 N–H and O–H groups in total.